The summed E-state index contributed by atoms with van der Waals surface area (Å²) in [5, 5.41) is 3.90. The van der Waals surface area contributed by atoms with E-state index in [1.54, 1.807) is 11.3 Å². The molecule has 1 aliphatic rings. The maximum absolute atomic E-state index is 13.2. The van der Waals surface area contributed by atoms with Crippen LogP contribution in [0.25, 0.3) is 10.2 Å². The minimum atomic E-state index is -1.01. The molecule has 27 heavy (non-hydrogen) atoms. The van der Waals surface area contributed by atoms with Crippen molar-refractivity contribution in [1.29, 1.82) is 0 Å². The van der Waals surface area contributed by atoms with Crippen molar-refractivity contribution in [2.24, 2.45) is 0 Å². The van der Waals surface area contributed by atoms with E-state index in [9.17, 15) is 13.6 Å². The summed E-state index contributed by atoms with van der Waals surface area (Å²) >= 11 is 2.80. The summed E-state index contributed by atoms with van der Waals surface area (Å²) in [5.74, 6) is -1.85. The van der Waals surface area contributed by atoms with Gasteiger partial charge in [0, 0.05) is 16.6 Å². The van der Waals surface area contributed by atoms with Crippen molar-refractivity contribution in [2.45, 2.75) is 30.8 Å². The minimum Gasteiger partial charge on any atom is -0.383 e. The van der Waals surface area contributed by atoms with Crippen LogP contribution in [0.15, 0.2) is 23.4 Å². The van der Waals surface area contributed by atoms with Gasteiger partial charge in [-0.2, -0.15) is 0 Å². The van der Waals surface area contributed by atoms with Crippen molar-refractivity contribution in [3.05, 3.63) is 40.3 Å². The lowest BCUT2D eigenvalue weighted by Gasteiger charge is -2.10. The van der Waals surface area contributed by atoms with Crippen LogP contribution >= 0.6 is 23.1 Å². The molecule has 3 N–H and O–H groups in total. The summed E-state index contributed by atoms with van der Waals surface area (Å²) in [6.45, 7) is 0. The normalized spacial score (nSPS) is 13.6. The van der Waals surface area contributed by atoms with Crippen molar-refractivity contribution in [2.75, 3.05) is 16.8 Å². The Morgan fingerprint density at radius 1 is 1.22 bits per heavy atom. The number of anilines is 2. The van der Waals surface area contributed by atoms with E-state index in [4.69, 9.17) is 5.73 Å². The molecule has 0 bridgehead atoms. The van der Waals surface area contributed by atoms with Crippen LogP contribution in [0.1, 0.15) is 23.3 Å². The molecule has 1 amide bonds. The first-order valence-corrected chi connectivity index (χ1v) is 10.3. The Labute approximate surface area is 162 Å². The number of nitrogens with one attached hydrogen (secondary N) is 1. The van der Waals surface area contributed by atoms with Crippen LogP contribution in [0.3, 0.4) is 0 Å². The molecule has 4 rings (SSSR count). The molecule has 0 unspecified atom stereocenters. The number of thioether (sulfide) groups is 1. The van der Waals surface area contributed by atoms with Crippen molar-refractivity contribution < 1.29 is 13.6 Å². The predicted octanol–water partition coefficient (Wildman–Crippen LogP) is 4.16. The lowest BCUT2D eigenvalue weighted by atomic mass is 9.97. The van der Waals surface area contributed by atoms with E-state index in [1.807, 2.05) is 0 Å². The maximum Gasteiger partial charge on any atom is 0.234 e. The molecular formula is C18H16F2N4OS2. The van der Waals surface area contributed by atoms with Gasteiger partial charge in [-0.05, 0) is 43.4 Å². The van der Waals surface area contributed by atoms with Crippen LogP contribution < -0.4 is 11.1 Å². The predicted molar refractivity (Wildman–Crippen MR) is 104 cm³/mol. The SMILES string of the molecule is Nc1nc(SCC(=O)Nc2ccc(F)c(F)c2)nc2sc3c(c12)CCCC3. The van der Waals surface area contributed by atoms with E-state index < -0.39 is 11.6 Å². The Morgan fingerprint density at radius 3 is 2.85 bits per heavy atom. The maximum atomic E-state index is 13.2. The molecule has 0 atom stereocenters. The summed E-state index contributed by atoms with van der Waals surface area (Å²) in [6.07, 6.45) is 4.39. The smallest absolute Gasteiger partial charge is 0.234 e. The number of nitrogens with zero attached hydrogens (tertiary/aromatic N) is 2. The van der Waals surface area contributed by atoms with Gasteiger partial charge in [-0.15, -0.1) is 11.3 Å². The molecule has 0 saturated carbocycles. The van der Waals surface area contributed by atoms with Crippen molar-refractivity contribution in [1.82, 2.24) is 9.97 Å². The van der Waals surface area contributed by atoms with Gasteiger partial charge >= 0.3 is 0 Å². The number of carbonyl (C=O) groups excluding carboxylic acids is 1. The lowest BCUT2D eigenvalue weighted by molar-refractivity contribution is -0.113. The molecule has 9 heteroatoms. The fourth-order valence-corrected chi connectivity index (χ4v) is 5.11. The fraction of sp³-hybridized carbons (Fsp3) is 0.278. The van der Waals surface area contributed by atoms with Crippen LogP contribution in [-0.2, 0) is 17.6 Å². The molecule has 0 radical (unpaired) electrons. The highest BCUT2D eigenvalue weighted by molar-refractivity contribution is 7.99. The van der Waals surface area contributed by atoms with Crippen LogP contribution in [-0.4, -0.2) is 21.6 Å². The average molecular weight is 406 g/mol. The van der Waals surface area contributed by atoms with Gasteiger partial charge in [-0.25, -0.2) is 18.7 Å². The van der Waals surface area contributed by atoms with Crippen LogP contribution in [0, 0.1) is 11.6 Å². The number of hydrogen-bond donors (Lipinski definition) is 2. The van der Waals surface area contributed by atoms with E-state index in [1.165, 1.54) is 22.9 Å². The molecule has 5 nitrogen and oxygen atoms in total. The number of amides is 1. The molecule has 1 aliphatic carbocycles. The molecule has 0 aliphatic heterocycles. The number of carbonyl (C=O) groups is 1. The fourth-order valence-electron chi connectivity index (χ4n) is 3.13. The van der Waals surface area contributed by atoms with Crippen molar-refractivity contribution >= 4 is 50.7 Å². The largest absolute Gasteiger partial charge is 0.383 e. The van der Waals surface area contributed by atoms with E-state index in [0.29, 0.717) is 11.0 Å². The number of thiophene rings is 1. The van der Waals surface area contributed by atoms with E-state index in [0.717, 1.165) is 53.4 Å². The van der Waals surface area contributed by atoms with E-state index in [-0.39, 0.29) is 17.3 Å². The van der Waals surface area contributed by atoms with Gasteiger partial charge in [0.25, 0.3) is 0 Å². The summed E-state index contributed by atoms with van der Waals surface area (Å²) in [5.41, 5.74) is 7.62. The lowest BCUT2D eigenvalue weighted by Crippen LogP contribution is -2.14. The van der Waals surface area contributed by atoms with E-state index >= 15 is 0 Å². The first-order valence-electron chi connectivity index (χ1n) is 8.46. The van der Waals surface area contributed by atoms with Gasteiger partial charge in [0.15, 0.2) is 16.8 Å². The number of aryl methyl sites for hydroxylation is 2. The number of halogens is 2. The summed E-state index contributed by atoms with van der Waals surface area (Å²) in [7, 11) is 0. The minimum absolute atomic E-state index is 0.0367. The highest BCUT2D eigenvalue weighted by Gasteiger charge is 2.20. The summed E-state index contributed by atoms with van der Waals surface area (Å²) in [4.78, 5) is 23.1. The topological polar surface area (TPSA) is 80.9 Å². The summed E-state index contributed by atoms with van der Waals surface area (Å²) in [6, 6.07) is 3.21. The zero-order valence-electron chi connectivity index (χ0n) is 14.2. The van der Waals surface area contributed by atoms with Crippen molar-refractivity contribution in [3.63, 3.8) is 0 Å². The van der Waals surface area contributed by atoms with Gasteiger partial charge in [-0.3, -0.25) is 4.79 Å². The number of benzene rings is 1. The van der Waals surface area contributed by atoms with Gasteiger partial charge < -0.3 is 11.1 Å². The Bertz CT molecular complexity index is 1040. The molecule has 140 valence electrons. The molecule has 2 aromatic heterocycles. The third kappa shape index (κ3) is 3.74. The van der Waals surface area contributed by atoms with E-state index in [2.05, 4.69) is 15.3 Å². The van der Waals surface area contributed by atoms with Gasteiger partial charge in [0.1, 0.15) is 10.6 Å². The summed E-state index contributed by atoms with van der Waals surface area (Å²) < 4.78 is 26.1. The molecule has 0 spiro atoms. The van der Waals surface area contributed by atoms with Crippen LogP contribution in [0.2, 0.25) is 0 Å². The molecule has 0 saturated heterocycles. The van der Waals surface area contributed by atoms with Crippen LogP contribution in [0.4, 0.5) is 20.3 Å². The van der Waals surface area contributed by atoms with Gasteiger partial charge in [0.2, 0.25) is 5.91 Å². The van der Waals surface area contributed by atoms with Crippen molar-refractivity contribution in [3.8, 4) is 0 Å². The number of rotatable bonds is 4. The average Bonchev–Trinajstić information content (AvgIpc) is 3.02. The first kappa shape index (κ1) is 18.1. The molecule has 3 aromatic rings. The quantitative estimate of drug-likeness (QED) is 0.502. The van der Waals surface area contributed by atoms with Gasteiger partial charge in [0.05, 0.1) is 11.1 Å². The second-order valence-electron chi connectivity index (χ2n) is 6.25. The molecular weight excluding hydrogens is 390 g/mol. The zero-order chi connectivity index (χ0) is 19.0. The van der Waals surface area contributed by atoms with Gasteiger partial charge in [-0.1, -0.05) is 11.8 Å². The number of nitrogen functional groups attached to an aromatic ring is 1. The highest BCUT2D eigenvalue weighted by atomic mass is 32.2. The second kappa shape index (κ2) is 7.40. The Morgan fingerprint density at radius 2 is 2.04 bits per heavy atom. The zero-order valence-corrected chi connectivity index (χ0v) is 15.9. The molecule has 2 heterocycles. The highest BCUT2D eigenvalue weighted by Crippen LogP contribution is 2.38. The molecule has 1 aromatic carbocycles. The molecule has 0 fully saturated rings. The third-order valence-corrected chi connectivity index (χ3v) is 6.39. The number of fused-ring (bicyclic) bond motifs is 3. The van der Waals surface area contributed by atoms with Crippen LogP contribution in [0.5, 0.6) is 0 Å². The standard InChI is InChI=1S/C18H16F2N4OS2/c19-11-6-5-9(7-12(11)20)22-14(25)8-26-18-23-16(21)15-10-3-1-2-4-13(10)27-17(15)24-18/h5-7H,1-4,8H2,(H,22,25)(H2,21,23,24). The Balaban J connectivity index is 1.47. The Kier molecular flexibility index (Phi) is 4.96. The Hall–Kier alpha value is -2.26. The second-order valence-corrected chi connectivity index (χ2v) is 8.27. The number of aromatic nitrogens is 2. The number of hydrogen-bond acceptors (Lipinski definition) is 6. The number of nitrogens with two attached hydrogens (primary N) is 1. The first-order chi connectivity index (χ1) is 13.0. The third-order valence-electron chi connectivity index (χ3n) is 4.36. The monoisotopic (exact) mass is 406 g/mol.